The first-order valence-electron chi connectivity index (χ1n) is 6.10. The standard InChI is InChI=1S/C14H15N3O/c1-10(18)16-14-8-17(9-15-14)13-6-11-4-2-3-5-12(11)7-13/h2-5,8-9,13H,6-7H2,1H3,(H,16,18). The molecular formula is C14H15N3O. The van der Waals surface area contributed by atoms with Crippen LogP contribution < -0.4 is 5.32 Å². The Morgan fingerprint density at radius 2 is 2.00 bits per heavy atom. The number of hydrogen-bond acceptors (Lipinski definition) is 2. The number of fused-ring (bicyclic) bond motifs is 1. The molecule has 0 fully saturated rings. The number of rotatable bonds is 2. The van der Waals surface area contributed by atoms with Crippen LogP contribution in [-0.4, -0.2) is 15.5 Å². The maximum atomic E-state index is 11.0. The van der Waals surface area contributed by atoms with Gasteiger partial charge in [0, 0.05) is 19.2 Å². The summed E-state index contributed by atoms with van der Waals surface area (Å²) in [6, 6.07) is 8.94. The van der Waals surface area contributed by atoms with Crippen LogP contribution in [0.4, 0.5) is 5.82 Å². The minimum Gasteiger partial charge on any atom is -0.332 e. The summed E-state index contributed by atoms with van der Waals surface area (Å²) < 4.78 is 2.09. The Balaban J connectivity index is 1.78. The van der Waals surface area contributed by atoms with E-state index in [-0.39, 0.29) is 5.91 Å². The molecule has 2 aromatic rings. The largest absolute Gasteiger partial charge is 0.332 e. The third-order valence-corrected chi connectivity index (χ3v) is 3.36. The lowest BCUT2D eigenvalue weighted by Gasteiger charge is -2.09. The molecular weight excluding hydrogens is 226 g/mol. The van der Waals surface area contributed by atoms with Gasteiger partial charge in [0.05, 0.1) is 6.33 Å². The third-order valence-electron chi connectivity index (χ3n) is 3.36. The second-order valence-electron chi connectivity index (χ2n) is 4.72. The van der Waals surface area contributed by atoms with Crippen molar-refractivity contribution in [1.29, 1.82) is 0 Å². The first-order valence-corrected chi connectivity index (χ1v) is 6.10. The van der Waals surface area contributed by atoms with Gasteiger partial charge < -0.3 is 9.88 Å². The Labute approximate surface area is 106 Å². The Morgan fingerprint density at radius 3 is 2.61 bits per heavy atom. The molecule has 1 amide bonds. The van der Waals surface area contributed by atoms with Gasteiger partial charge in [-0.15, -0.1) is 0 Å². The number of imidazole rings is 1. The van der Waals surface area contributed by atoms with E-state index in [4.69, 9.17) is 0 Å². The van der Waals surface area contributed by atoms with Crippen molar-refractivity contribution in [2.75, 3.05) is 5.32 Å². The van der Waals surface area contributed by atoms with E-state index in [0.29, 0.717) is 11.9 Å². The van der Waals surface area contributed by atoms with E-state index in [1.54, 1.807) is 6.33 Å². The van der Waals surface area contributed by atoms with Crippen LogP contribution in [0.25, 0.3) is 0 Å². The van der Waals surface area contributed by atoms with Crippen LogP contribution in [0.2, 0.25) is 0 Å². The molecule has 4 nitrogen and oxygen atoms in total. The van der Waals surface area contributed by atoms with E-state index < -0.39 is 0 Å². The highest BCUT2D eigenvalue weighted by atomic mass is 16.1. The Morgan fingerprint density at radius 1 is 1.33 bits per heavy atom. The molecule has 92 valence electrons. The quantitative estimate of drug-likeness (QED) is 0.876. The van der Waals surface area contributed by atoms with Gasteiger partial charge in [-0.3, -0.25) is 4.79 Å². The van der Waals surface area contributed by atoms with Gasteiger partial charge in [0.25, 0.3) is 0 Å². The molecule has 1 heterocycles. The predicted octanol–water partition coefficient (Wildman–Crippen LogP) is 2.18. The maximum Gasteiger partial charge on any atom is 0.222 e. The molecule has 0 radical (unpaired) electrons. The molecule has 0 bridgehead atoms. The highest BCUT2D eigenvalue weighted by molar-refractivity contribution is 5.87. The number of nitrogens with zero attached hydrogens (tertiary/aromatic N) is 2. The number of amides is 1. The summed E-state index contributed by atoms with van der Waals surface area (Å²) in [4.78, 5) is 15.2. The van der Waals surface area contributed by atoms with Gasteiger partial charge in [-0.2, -0.15) is 0 Å². The van der Waals surface area contributed by atoms with Crippen LogP contribution >= 0.6 is 0 Å². The van der Waals surface area contributed by atoms with Crippen molar-refractivity contribution in [2.24, 2.45) is 0 Å². The van der Waals surface area contributed by atoms with E-state index in [9.17, 15) is 4.79 Å². The zero-order chi connectivity index (χ0) is 12.5. The molecule has 0 aliphatic heterocycles. The SMILES string of the molecule is CC(=O)Nc1cn(C2Cc3ccccc3C2)cn1. The van der Waals surface area contributed by atoms with E-state index >= 15 is 0 Å². The molecule has 1 N–H and O–H groups in total. The van der Waals surface area contributed by atoms with Crippen molar-refractivity contribution in [3.8, 4) is 0 Å². The zero-order valence-corrected chi connectivity index (χ0v) is 10.3. The molecule has 1 aromatic heterocycles. The first-order chi connectivity index (χ1) is 8.72. The summed E-state index contributed by atoms with van der Waals surface area (Å²) >= 11 is 0. The second kappa shape index (κ2) is 4.29. The van der Waals surface area contributed by atoms with Crippen LogP contribution in [0.3, 0.4) is 0 Å². The number of carbonyl (C=O) groups excluding carboxylic acids is 1. The van der Waals surface area contributed by atoms with Gasteiger partial charge in [0.2, 0.25) is 5.91 Å². The van der Waals surface area contributed by atoms with Gasteiger partial charge in [0.15, 0.2) is 5.82 Å². The second-order valence-corrected chi connectivity index (χ2v) is 4.72. The van der Waals surface area contributed by atoms with Crippen LogP contribution in [0, 0.1) is 0 Å². The van der Waals surface area contributed by atoms with Gasteiger partial charge in [-0.1, -0.05) is 24.3 Å². The average molecular weight is 241 g/mol. The van der Waals surface area contributed by atoms with Gasteiger partial charge in [-0.05, 0) is 24.0 Å². The Kier molecular flexibility index (Phi) is 2.63. The van der Waals surface area contributed by atoms with Crippen molar-refractivity contribution in [3.05, 3.63) is 47.9 Å². The topological polar surface area (TPSA) is 46.9 Å². The summed E-state index contributed by atoms with van der Waals surface area (Å²) in [6.07, 6.45) is 5.76. The van der Waals surface area contributed by atoms with Crippen LogP contribution in [0.5, 0.6) is 0 Å². The number of anilines is 1. The van der Waals surface area contributed by atoms with E-state index in [1.807, 2.05) is 6.20 Å². The number of nitrogens with one attached hydrogen (secondary N) is 1. The third kappa shape index (κ3) is 2.01. The molecule has 0 saturated heterocycles. The highest BCUT2D eigenvalue weighted by Gasteiger charge is 2.22. The molecule has 0 saturated carbocycles. The lowest BCUT2D eigenvalue weighted by Crippen LogP contribution is -2.08. The predicted molar refractivity (Wildman–Crippen MR) is 69.4 cm³/mol. The number of benzene rings is 1. The molecule has 18 heavy (non-hydrogen) atoms. The Hall–Kier alpha value is -2.10. The van der Waals surface area contributed by atoms with Crippen LogP contribution in [0.1, 0.15) is 24.1 Å². The molecule has 1 aliphatic carbocycles. The smallest absolute Gasteiger partial charge is 0.222 e. The van der Waals surface area contributed by atoms with Crippen molar-refractivity contribution in [3.63, 3.8) is 0 Å². The monoisotopic (exact) mass is 241 g/mol. The zero-order valence-electron chi connectivity index (χ0n) is 10.3. The normalized spacial score (nSPS) is 14.5. The summed E-state index contributed by atoms with van der Waals surface area (Å²) in [5.41, 5.74) is 2.83. The Bertz CT molecular complexity index is 563. The minimum absolute atomic E-state index is 0.0880. The summed E-state index contributed by atoms with van der Waals surface area (Å²) in [7, 11) is 0. The number of aromatic nitrogens is 2. The van der Waals surface area contributed by atoms with Crippen molar-refractivity contribution in [1.82, 2.24) is 9.55 Å². The highest BCUT2D eigenvalue weighted by Crippen LogP contribution is 2.30. The number of carbonyl (C=O) groups is 1. The molecule has 0 atom stereocenters. The lowest BCUT2D eigenvalue weighted by atomic mass is 10.1. The lowest BCUT2D eigenvalue weighted by molar-refractivity contribution is -0.114. The fourth-order valence-electron chi connectivity index (χ4n) is 2.53. The van der Waals surface area contributed by atoms with Crippen LogP contribution in [-0.2, 0) is 17.6 Å². The van der Waals surface area contributed by atoms with Crippen LogP contribution in [0.15, 0.2) is 36.8 Å². The van der Waals surface area contributed by atoms with E-state index in [1.165, 1.54) is 18.1 Å². The molecule has 1 aromatic carbocycles. The minimum atomic E-state index is -0.0880. The number of hydrogen-bond donors (Lipinski definition) is 1. The van der Waals surface area contributed by atoms with Gasteiger partial charge >= 0.3 is 0 Å². The molecule has 1 aliphatic rings. The fourth-order valence-corrected chi connectivity index (χ4v) is 2.53. The average Bonchev–Trinajstić information content (AvgIpc) is 2.93. The summed E-state index contributed by atoms with van der Waals surface area (Å²) in [5.74, 6) is 0.536. The van der Waals surface area contributed by atoms with Gasteiger partial charge in [0.1, 0.15) is 0 Å². The van der Waals surface area contributed by atoms with Crippen molar-refractivity contribution < 1.29 is 4.79 Å². The van der Waals surface area contributed by atoms with E-state index in [2.05, 4.69) is 39.1 Å². The van der Waals surface area contributed by atoms with Crippen molar-refractivity contribution >= 4 is 11.7 Å². The summed E-state index contributed by atoms with van der Waals surface area (Å²) in [6.45, 7) is 1.49. The van der Waals surface area contributed by atoms with Crippen molar-refractivity contribution in [2.45, 2.75) is 25.8 Å². The molecule has 3 rings (SSSR count). The maximum absolute atomic E-state index is 11.0. The molecule has 0 unspecified atom stereocenters. The fraction of sp³-hybridized carbons (Fsp3) is 0.286. The molecule has 4 heteroatoms. The molecule has 0 spiro atoms. The van der Waals surface area contributed by atoms with Gasteiger partial charge in [-0.25, -0.2) is 4.98 Å². The first kappa shape index (κ1) is 11.0. The van der Waals surface area contributed by atoms with E-state index in [0.717, 1.165) is 12.8 Å². The summed E-state index contributed by atoms with van der Waals surface area (Å²) in [5, 5.41) is 2.70.